The van der Waals surface area contributed by atoms with E-state index in [1.807, 2.05) is 48.8 Å². The molecule has 0 saturated carbocycles. The van der Waals surface area contributed by atoms with Crippen molar-refractivity contribution in [2.24, 2.45) is 23.7 Å². The molecule has 326 valence electrons. The number of aromatic nitrogens is 3. The lowest BCUT2D eigenvalue weighted by atomic mass is 9.73. The number of cyclic esters (lactones) is 1. The van der Waals surface area contributed by atoms with Gasteiger partial charge in [0.15, 0.2) is 24.5 Å². The predicted octanol–water partition coefficient (Wildman–Crippen LogP) is 4.11. The maximum Gasteiger partial charge on any atom is 0.411 e. The number of rotatable bonds is 12. The molecule has 0 spiro atoms. The van der Waals surface area contributed by atoms with E-state index in [4.69, 9.17) is 23.7 Å². The van der Waals surface area contributed by atoms with Gasteiger partial charge in [-0.1, -0.05) is 27.7 Å². The standard InChI is InChI=1S/C43H63N5O11/c1-11-33-43(23-49)37(48(41(54)59-43)18-13-12-17-47-22-31(45-24-47)30-15-14-16-44-21-30)27(4)34(50)25(2)20-42(7,55-10)38(28(5)35(51)29(6)39(53)57-33)58-40-36(52)32(46(8)9)19-26(3)56-40/h14-16,21-29,32-33,36-38,40,52H,11-13,17-20H2,1-10H3/t25-,26-,27+,28+,29-,32+,33-,36-,37-,38-,40+,42-,43-/m1/s1. The molecule has 59 heavy (non-hydrogen) atoms. The van der Waals surface area contributed by atoms with Gasteiger partial charge in [-0.2, -0.15) is 0 Å². The van der Waals surface area contributed by atoms with E-state index in [2.05, 4.69) is 9.97 Å². The minimum absolute atomic E-state index is 0.0437. The van der Waals surface area contributed by atoms with E-state index in [0.717, 1.165) is 11.3 Å². The molecule has 3 saturated heterocycles. The number of carbonyl (C=O) groups excluding carboxylic acids is 5. The van der Waals surface area contributed by atoms with Crippen LogP contribution in [0.3, 0.4) is 0 Å². The molecule has 16 heteroatoms. The van der Waals surface area contributed by atoms with Crippen LogP contribution in [0.5, 0.6) is 0 Å². The zero-order valence-corrected chi connectivity index (χ0v) is 36.1. The van der Waals surface area contributed by atoms with Gasteiger partial charge in [0.1, 0.15) is 17.8 Å². The minimum Gasteiger partial charge on any atom is -0.457 e. The number of fused-ring (bicyclic) bond motifs is 1. The van der Waals surface area contributed by atoms with Gasteiger partial charge in [0.25, 0.3) is 0 Å². The number of ketones is 2. The molecule has 16 nitrogen and oxygen atoms in total. The maximum atomic E-state index is 14.7. The van der Waals surface area contributed by atoms with Crippen LogP contribution in [-0.4, -0.2) is 141 Å². The van der Waals surface area contributed by atoms with E-state index < -0.39 is 83.4 Å². The fraction of sp³-hybridized carbons (Fsp3) is 0.698. The van der Waals surface area contributed by atoms with E-state index in [0.29, 0.717) is 32.1 Å². The molecule has 0 radical (unpaired) electrons. The summed E-state index contributed by atoms with van der Waals surface area (Å²) in [5.74, 6) is -5.86. The lowest BCUT2D eigenvalue weighted by molar-refractivity contribution is -0.295. The van der Waals surface area contributed by atoms with E-state index >= 15 is 0 Å². The second-order valence-corrected chi connectivity index (χ2v) is 17.1. The van der Waals surface area contributed by atoms with Gasteiger partial charge in [0, 0.05) is 68.1 Å². The predicted molar refractivity (Wildman–Crippen MR) is 215 cm³/mol. The molecule has 5 rings (SSSR count). The molecule has 1 N–H and O–H groups in total. The summed E-state index contributed by atoms with van der Waals surface area (Å²) in [5.41, 5.74) is -1.72. The van der Waals surface area contributed by atoms with Crippen LogP contribution in [0.15, 0.2) is 37.1 Å². The smallest absolute Gasteiger partial charge is 0.411 e. The number of imidazole rings is 1. The van der Waals surface area contributed by atoms with Crippen molar-refractivity contribution in [1.29, 1.82) is 0 Å². The van der Waals surface area contributed by atoms with Gasteiger partial charge in [-0.25, -0.2) is 9.78 Å². The summed E-state index contributed by atoms with van der Waals surface area (Å²) in [5, 5.41) is 11.4. The average molecular weight is 826 g/mol. The number of amides is 1. The van der Waals surface area contributed by atoms with Gasteiger partial charge in [0.05, 0.1) is 35.9 Å². The van der Waals surface area contributed by atoms with Crippen LogP contribution in [-0.2, 0) is 49.4 Å². The number of aryl methyl sites for hydroxylation is 1. The third kappa shape index (κ3) is 9.46. The van der Waals surface area contributed by atoms with Crippen LogP contribution < -0.4 is 0 Å². The van der Waals surface area contributed by atoms with Gasteiger partial charge >= 0.3 is 12.1 Å². The number of Topliss-reactive ketones (excluding diaryl/α,β-unsaturated/α-hetero) is 2. The average Bonchev–Trinajstić information content (AvgIpc) is 3.82. The number of hydrogen-bond acceptors (Lipinski definition) is 14. The number of methoxy groups -OCH3 is 1. The monoisotopic (exact) mass is 825 g/mol. The van der Waals surface area contributed by atoms with Crippen LogP contribution >= 0.6 is 0 Å². The second kappa shape index (κ2) is 19.1. The Kier molecular flexibility index (Phi) is 14.9. The summed E-state index contributed by atoms with van der Waals surface area (Å²) >= 11 is 0. The number of likely N-dealkylation sites (N-methyl/N-ethyl adjacent to an activating group) is 1. The van der Waals surface area contributed by atoms with Gasteiger partial charge in [-0.05, 0) is 79.1 Å². The van der Waals surface area contributed by atoms with Gasteiger partial charge < -0.3 is 38.3 Å². The Morgan fingerprint density at radius 3 is 2.39 bits per heavy atom. The lowest BCUT2D eigenvalue weighted by Gasteiger charge is -2.47. The van der Waals surface area contributed by atoms with Crippen LogP contribution in [0.25, 0.3) is 11.3 Å². The normalized spacial score (nSPS) is 36.2. The largest absolute Gasteiger partial charge is 0.457 e. The molecule has 0 bridgehead atoms. The number of ether oxygens (including phenoxy) is 5. The first-order valence-electron chi connectivity index (χ1n) is 20.8. The number of hydrogen-bond donors (Lipinski definition) is 1. The fourth-order valence-corrected chi connectivity index (χ4v) is 9.28. The molecule has 3 fully saturated rings. The molecule has 0 aromatic carbocycles. The third-order valence-electron chi connectivity index (χ3n) is 12.7. The summed E-state index contributed by atoms with van der Waals surface area (Å²) in [6.45, 7) is 12.4. The Morgan fingerprint density at radius 2 is 1.76 bits per heavy atom. The molecule has 2 aromatic heterocycles. The number of aliphatic hydroxyl groups is 1. The van der Waals surface area contributed by atoms with Crippen LogP contribution in [0.2, 0.25) is 0 Å². The van der Waals surface area contributed by atoms with Crippen molar-refractivity contribution in [2.45, 2.75) is 141 Å². The minimum atomic E-state index is -2.04. The van der Waals surface area contributed by atoms with Gasteiger partial charge in [0.2, 0.25) is 5.60 Å². The Hall–Kier alpha value is -4.09. The topological polar surface area (TPSA) is 189 Å². The van der Waals surface area contributed by atoms with E-state index in [9.17, 15) is 29.1 Å². The Bertz CT molecular complexity index is 1790. The highest BCUT2D eigenvalue weighted by Crippen LogP contribution is 2.42. The highest BCUT2D eigenvalue weighted by atomic mass is 16.7. The molecule has 1 amide bonds. The maximum absolute atomic E-state index is 14.7. The third-order valence-corrected chi connectivity index (χ3v) is 12.7. The Balaban J connectivity index is 1.46. The summed E-state index contributed by atoms with van der Waals surface area (Å²) in [6, 6.07) is 2.31. The van der Waals surface area contributed by atoms with Crippen molar-refractivity contribution in [2.75, 3.05) is 27.7 Å². The number of aldehydes is 1. The molecular weight excluding hydrogens is 762 g/mol. The molecular formula is C43H63N5O11. The summed E-state index contributed by atoms with van der Waals surface area (Å²) < 4.78 is 32.7. The zero-order valence-electron chi connectivity index (χ0n) is 36.1. The van der Waals surface area contributed by atoms with Crippen molar-refractivity contribution in [3.63, 3.8) is 0 Å². The lowest BCUT2D eigenvalue weighted by Crippen LogP contribution is -2.61. The molecule has 3 aliphatic rings. The van der Waals surface area contributed by atoms with Gasteiger partial charge in [-0.15, -0.1) is 0 Å². The summed E-state index contributed by atoms with van der Waals surface area (Å²) in [6.07, 6.45) is 3.54. The number of carbonyl (C=O) groups is 5. The van der Waals surface area contributed by atoms with Crippen molar-refractivity contribution in [1.82, 2.24) is 24.3 Å². The number of aliphatic hydroxyl groups excluding tert-OH is 1. The number of nitrogens with zero attached hydrogens (tertiary/aromatic N) is 5. The highest BCUT2D eigenvalue weighted by molar-refractivity contribution is 6.00. The van der Waals surface area contributed by atoms with Crippen molar-refractivity contribution < 1.29 is 52.8 Å². The van der Waals surface area contributed by atoms with Crippen molar-refractivity contribution in [3.05, 3.63) is 37.1 Å². The fourth-order valence-electron chi connectivity index (χ4n) is 9.28. The first-order valence-corrected chi connectivity index (χ1v) is 20.8. The van der Waals surface area contributed by atoms with E-state index in [1.165, 1.54) is 18.9 Å². The first kappa shape index (κ1) is 46.0. The quantitative estimate of drug-likeness (QED) is 0.139. The van der Waals surface area contributed by atoms with E-state index in [-0.39, 0.29) is 37.3 Å². The Labute approximate surface area is 347 Å². The Morgan fingerprint density at radius 1 is 1.05 bits per heavy atom. The van der Waals surface area contributed by atoms with Crippen molar-refractivity contribution in [3.8, 4) is 11.3 Å². The molecule has 0 unspecified atom stereocenters. The molecule has 3 aliphatic heterocycles. The first-order chi connectivity index (χ1) is 27.9. The molecule has 13 atom stereocenters. The number of pyridine rings is 1. The highest BCUT2D eigenvalue weighted by Gasteiger charge is 2.63. The number of unbranched alkanes of at least 4 members (excludes halogenated alkanes) is 1. The summed E-state index contributed by atoms with van der Waals surface area (Å²) in [7, 11) is 5.16. The zero-order chi connectivity index (χ0) is 43.4. The molecule has 2 aromatic rings. The number of esters is 1. The van der Waals surface area contributed by atoms with Gasteiger partial charge in [-0.3, -0.25) is 29.1 Å². The second-order valence-electron chi connectivity index (χ2n) is 17.1. The van der Waals surface area contributed by atoms with Crippen LogP contribution in [0.1, 0.15) is 80.6 Å². The molecule has 0 aliphatic carbocycles. The molecule has 5 heterocycles. The van der Waals surface area contributed by atoms with E-state index in [1.54, 1.807) is 53.3 Å². The summed E-state index contributed by atoms with van der Waals surface area (Å²) in [4.78, 5) is 82.1. The van der Waals surface area contributed by atoms with Crippen molar-refractivity contribution >= 4 is 29.9 Å². The van der Waals surface area contributed by atoms with Crippen LogP contribution in [0, 0.1) is 23.7 Å². The van der Waals surface area contributed by atoms with Crippen LogP contribution in [0.4, 0.5) is 4.79 Å². The SMILES string of the molecule is CC[C@H]1OC(=O)[C@H](C)C(=O)[C@H](C)[C@@H](O[C@@H]2O[C@H](C)C[C@H](N(C)C)[C@H]2O)[C@](C)(OC)C[C@@H](C)C(=O)[C@H](C)[C@H]2N(CCCCn3cnc(-c4cccnc4)c3)C(=O)O[C@]12C=O.